The molecule has 138 valence electrons. The molecule has 3 rings (SSSR count). The molecule has 3 atom stereocenters. The number of hydrogen-bond donors (Lipinski definition) is 2. The maximum Gasteiger partial charge on any atom is 0.254 e. The van der Waals surface area contributed by atoms with E-state index in [0.717, 1.165) is 6.42 Å². The number of benzene rings is 1. The summed E-state index contributed by atoms with van der Waals surface area (Å²) in [7, 11) is -3.90. The van der Waals surface area contributed by atoms with E-state index in [4.69, 9.17) is 9.88 Å². The fraction of sp³-hybridized carbons (Fsp3) is 0.588. The van der Waals surface area contributed by atoms with E-state index in [9.17, 15) is 18.3 Å². The Bertz CT molecular complexity index is 792. The Kier molecular flexibility index (Phi) is 4.89. The van der Waals surface area contributed by atoms with E-state index in [1.165, 1.54) is 6.07 Å². The van der Waals surface area contributed by atoms with Crippen molar-refractivity contribution in [2.45, 2.75) is 43.7 Å². The van der Waals surface area contributed by atoms with Crippen molar-refractivity contribution in [2.24, 2.45) is 11.1 Å². The van der Waals surface area contributed by atoms with Crippen molar-refractivity contribution in [3.63, 3.8) is 0 Å². The van der Waals surface area contributed by atoms with E-state index in [2.05, 4.69) is 0 Å². The predicted octanol–water partition coefficient (Wildman–Crippen LogP) is 0.563. The summed E-state index contributed by atoms with van der Waals surface area (Å²) in [4.78, 5) is 14.8. The second kappa shape index (κ2) is 6.68. The Morgan fingerprint density at radius 2 is 2.08 bits per heavy atom. The zero-order valence-corrected chi connectivity index (χ0v) is 15.3. The summed E-state index contributed by atoms with van der Waals surface area (Å²) in [6.07, 6.45) is 1.36. The van der Waals surface area contributed by atoms with Gasteiger partial charge in [-0.25, -0.2) is 13.6 Å². The molecule has 1 aromatic rings. The van der Waals surface area contributed by atoms with E-state index in [-0.39, 0.29) is 35.5 Å². The first-order valence-electron chi connectivity index (χ1n) is 8.40. The van der Waals surface area contributed by atoms with Crippen molar-refractivity contribution in [1.29, 1.82) is 0 Å². The van der Waals surface area contributed by atoms with Gasteiger partial charge in [0.05, 0.1) is 23.6 Å². The van der Waals surface area contributed by atoms with Crippen molar-refractivity contribution in [1.82, 2.24) is 4.90 Å². The topological polar surface area (TPSA) is 110 Å². The number of sulfonamides is 1. The first-order valence-corrected chi connectivity index (χ1v) is 9.94. The Hall–Kier alpha value is -1.48. The Labute approximate surface area is 147 Å². The number of morpholine rings is 1. The van der Waals surface area contributed by atoms with Crippen LogP contribution in [0.3, 0.4) is 0 Å². The van der Waals surface area contributed by atoms with Crippen LogP contribution in [0.1, 0.15) is 34.3 Å². The molecule has 1 aromatic carbocycles. The molecule has 0 bridgehead atoms. The predicted molar refractivity (Wildman–Crippen MR) is 91.7 cm³/mol. The molecule has 0 radical (unpaired) electrons. The number of aryl methyl sites for hydroxylation is 1. The van der Waals surface area contributed by atoms with E-state index in [1.807, 2.05) is 0 Å². The zero-order chi connectivity index (χ0) is 18.4. The van der Waals surface area contributed by atoms with Gasteiger partial charge in [0, 0.05) is 18.7 Å². The highest BCUT2D eigenvalue weighted by Gasteiger charge is 2.42. The maximum atomic E-state index is 13.1. The molecule has 2 fully saturated rings. The van der Waals surface area contributed by atoms with Crippen molar-refractivity contribution in [3.8, 4) is 0 Å². The number of aliphatic hydroxyl groups excluding tert-OH is 1. The fourth-order valence-corrected chi connectivity index (χ4v) is 4.74. The largest absolute Gasteiger partial charge is 0.396 e. The summed E-state index contributed by atoms with van der Waals surface area (Å²) < 4.78 is 29.4. The maximum absolute atomic E-state index is 13.1. The average Bonchev–Trinajstić information content (AvgIpc) is 2.98. The quantitative estimate of drug-likeness (QED) is 0.810. The molecule has 1 aliphatic heterocycles. The zero-order valence-electron chi connectivity index (χ0n) is 14.4. The molecule has 2 aliphatic rings. The monoisotopic (exact) mass is 368 g/mol. The van der Waals surface area contributed by atoms with Gasteiger partial charge in [0.2, 0.25) is 10.0 Å². The molecule has 7 nitrogen and oxygen atoms in total. The first-order chi connectivity index (χ1) is 11.7. The second-order valence-electron chi connectivity index (χ2n) is 6.96. The van der Waals surface area contributed by atoms with Crippen LogP contribution in [-0.4, -0.2) is 56.2 Å². The molecule has 1 heterocycles. The number of nitrogens with zero attached hydrogens (tertiary/aromatic N) is 1. The molecular formula is C17H24N2O5S. The smallest absolute Gasteiger partial charge is 0.254 e. The third-order valence-electron chi connectivity index (χ3n) is 5.33. The summed E-state index contributed by atoms with van der Waals surface area (Å²) >= 11 is 0. The number of amides is 1. The van der Waals surface area contributed by atoms with Crippen molar-refractivity contribution in [2.75, 3.05) is 19.8 Å². The lowest BCUT2D eigenvalue weighted by Gasteiger charge is -2.37. The first kappa shape index (κ1) is 18.3. The van der Waals surface area contributed by atoms with Crippen LogP contribution in [0.15, 0.2) is 17.0 Å². The van der Waals surface area contributed by atoms with Crippen LogP contribution in [0.25, 0.3) is 0 Å². The highest BCUT2D eigenvalue weighted by Crippen LogP contribution is 2.35. The third-order valence-corrected chi connectivity index (χ3v) is 6.36. The molecule has 25 heavy (non-hydrogen) atoms. The van der Waals surface area contributed by atoms with Gasteiger partial charge < -0.3 is 14.7 Å². The molecule has 1 unspecified atom stereocenters. The SMILES string of the molecule is Cc1cc(C(=O)N2CCOC3C[C@H](CO)C[C@@H]32)cc(S(N)(=O)=O)c1C. The van der Waals surface area contributed by atoms with Gasteiger partial charge in [0.1, 0.15) is 0 Å². The molecule has 1 saturated heterocycles. The number of primary sulfonamides is 1. The molecule has 3 N–H and O–H groups in total. The summed E-state index contributed by atoms with van der Waals surface area (Å²) in [6.45, 7) is 4.42. The van der Waals surface area contributed by atoms with Crippen LogP contribution in [0.2, 0.25) is 0 Å². The highest BCUT2D eigenvalue weighted by molar-refractivity contribution is 7.89. The van der Waals surface area contributed by atoms with Gasteiger partial charge in [-0.2, -0.15) is 0 Å². The van der Waals surface area contributed by atoms with Gasteiger partial charge >= 0.3 is 0 Å². The second-order valence-corrected chi connectivity index (χ2v) is 8.49. The third kappa shape index (κ3) is 3.44. The Morgan fingerprint density at radius 1 is 1.36 bits per heavy atom. The lowest BCUT2D eigenvalue weighted by Crippen LogP contribution is -2.51. The number of rotatable bonds is 3. The van der Waals surface area contributed by atoms with Gasteiger partial charge in [-0.3, -0.25) is 4.79 Å². The standard InChI is InChI=1S/C17H24N2O5S/c1-10-5-13(8-16(11(10)2)25(18,22)23)17(21)19-3-4-24-15-7-12(9-20)6-14(15)19/h5,8,12,14-15,20H,3-4,6-7,9H2,1-2H3,(H2,18,22,23)/t12-,14+,15?/m1/s1. The van der Waals surface area contributed by atoms with E-state index < -0.39 is 10.0 Å². The number of carbonyl (C=O) groups excluding carboxylic acids is 1. The average molecular weight is 368 g/mol. The number of fused-ring (bicyclic) bond motifs is 1. The number of carbonyl (C=O) groups is 1. The summed E-state index contributed by atoms with van der Waals surface area (Å²) in [5, 5.41) is 14.7. The van der Waals surface area contributed by atoms with Crippen LogP contribution < -0.4 is 5.14 Å². The van der Waals surface area contributed by atoms with Crippen molar-refractivity contribution < 1.29 is 23.1 Å². The molecule has 8 heteroatoms. The van der Waals surface area contributed by atoms with Crippen LogP contribution in [-0.2, 0) is 14.8 Å². The van der Waals surface area contributed by atoms with Crippen LogP contribution in [0, 0.1) is 19.8 Å². The van der Waals surface area contributed by atoms with Gasteiger partial charge in [0.15, 0.2) is 0 Å². The van der Waals surface area contributed by atoms with E-state index >= 15 is 0 Å². The van der Waals surface area contributed by atoms with Gasteiger partial charge in [-0.15, -0.1) is 0 Å². The summed E-state index contributed by atoms with van der Waals surface area (Å²) in [5.74, 6) is -0.0898. The van der Waals surface area contributed by atoms with Crippen LogP contribution >= 0.6 is 0 Å². The van der Waals surface area contributed by atoms with E-state index in [1.54, 1.807) is 24.8 Å². The van der Waals surface area contributed by atoms with Crippen molar-refractivity contribution >= 4 is 15.9 Å². The lowest BCUT2D eigenvalue weighted by atomic mass is 10.0. The van der Waals surface area contributed by atoms with Gasteiger partial charge in [-0.1, -0.05) is 0 Å². The summed E-state index contributed by atoms with van der Waals surface area (Å²) in [6, 6.07) is 2.98. The van der Waals surface area contributed by atoms with E-state index in [0.29, 0.717) is 36.3 Å². The molecule has 1 saturated carbocycles. The lowest BCUT2D eigenvalue weighted by molar-refractivity contribution is -0.0449. The number of aliphatic hydroxyl groups is 1. The summed E-state index contributed by atoms with van der Waals surface area (Å²) in [5.41, 5.74) is 1.58. The fourth-order valence-electron chi connectivity index (χ4n) is 3.86. The molecule has 1 amide bonds. The minimum atomic E-state index is -3.90. The highest BCUT2D eigenvalue weighted by atomic mass is 32.2. The normalized spacial score (nSPS) is 26.6. The number of hydrogen-bond acceptors (Lipinski definition) is 5. The minimum absolute atomic E-state index is 0.0136. The number of ether oxygens (including phenoxy) is 1. The van der Waals surface area contributed by atoms with Crippen molar-refractivity contribution in [3.05, 3.63) is 28.8 Å². The number of nitrogens with two attached hydrogens (primary N) is 1. The minimum Gasteiger partial charge on any atom is -0.396 e. The van der Waals surface area contributed by atoms with Gasteiger partial charge in [0.25, 0.3) is 5.91 Å². The Morgan fingerprint density at radius 3 is 2.72 bits per heavy atom. The van der Waals surface area contributed by atoms with Gasteiger partial charge in [-0.05, 0) is 55.9 Å². The molecule has 0 spiro atoms. The van der Waals surface area contributed by atoms with Crippen LogP contribution in [0.5, 0.6) is 0 Å². The molecule has 0 aromatic heterocycles. The van der Waals surface area contributed by atoms with Crippen LogP contribution in [0.4, 0.5) is 0 Å². The molecular weight excluding hydrogens is 344 g/mol. The molecule has 1 aliphatic carbocycles. The Balaban J connectivity index is 1.94.